The summed E-state index contributed by atoms with van der Waals surface area (Å²) in [6.45, 7) is 10.1. The summed E-state index contributed by atoms with van der Waals surface area (Å²) in [5.41, 5.74) is 0. The molecule has 0 aliphatic heterocycles. The van der Waals surface area contributed by atoms with Gasteiger partial charge in [-0.1, -0.05) is 41.5 Å². The Morgan fingerprint density at radius 2 is 0.800 bits per heavy atom. The van der Waals surface area contributed by atoms with Crippen molar-refractivity contribution in [2.75, 3.05) is 0 Å². The molecule has 0 spiro atoms. The summed E-state index contributed by atoms with van der Waals surface area (Å²) in [7, 11) is -5.10. The smallest absolute Gasteiger partial charge is 0.801 e. The molecular formula is C8H20O4P2Zn. The van der Waals surface area contributed by atoms with Gasteiger partial charge < -0.3 is 18.9 Å². The van der Waals surface area contributed by atoms with E-state index in [0.717, 1.165) is 0 Å². The van der Waals surface area contributed by atoms with Crippen molar-refractivity contribution in [1.82, 2.24) is 0 Å². The predicted octanol–water partition coefficient (Wildman–Crippen LogP) is 1.24. The zero-order chi connectivity index (χ0) is 12.2. The van der Waals surface area contributed by atoms with Crippen LogP contribution >= 0.6 is 16.1 Å². The minimum absolute atomic E-state index is 0. The fourth-order valence-electron chi connectivity index (χ4n) is 0. The first kappa shape index (κ1) is 21.3. The molecule has 0 fully saturated rings. The van der Waals surface area contributed by atoms with Crippen molar-refractivity contribution >= 4 is 16.1 Å². The summed E-state index contributed by atoms with van der Waals surface area (Å²) < 4.78 is 20.2. The summed E-state index contributed by atoms with van der Waals surface area (Å²) >= 11 is 0. The van der Waals surface area contributed by atoms with Crippen molar-refractivity contribution < 1.29 is 38.4 Å². The van der Waals surface area contributed by atoms with Crippen LogP contribution in [-0.4, -0.2) is 10.3 Å². The Bertz CT molecular complexity index is 194. The molecule has 0 heterocycles. The standard InChI is InChI=1S/2C4H11O2P.Zn/c2*1-4(2,3)7(5)6;/h2*7H,1-3H3,(H,5,6);/q;;+2/p-2. The molecule has 15 heavy (non-hydrogen) atoms. The summed E-state index contributed by atoms with van der Waals surface area (Å²) in [4.78, 5) is 20.2. The van der Waals surface area contributed by atoms with E-state index in [9.17, 15) is 18.9 Å². The molecule has 0 aliphatic rings. The van der Waals surface area contributed by atoms with E-state index in [4.69, 9.17) is 0 Å². The minimum Gasteiger partial charge on any atom is -0.801 e. The second kappa shape index (κ2) is 8.15. The van der Waals surface area contributed by atoms with E-state index in [1.807, 2.05) is 0 Å². The van der Waals surface area contributed by atoms with Gasteiger partial charge >= 0.3 is 19.5 Å². The zero-order valence-electron chi connectivity index (χ0n) is 10.3. The fourth-order valence-corrected chi connectivity index (χ4v) is 0. The third kappa shape index (κ3) is 15.0. The molecule has 4 nitrogen and oxygen atoms in total. The summed E-state index contributed by atoms with van der Waals surface area (Å²) in [6.07, 6.45) is 0. The molecule has 0 rings (SSSR count). The van der Waals surface area contributed by atoms with Crippen LogP contribution in [0, 0.1) is 0 Å². The Kier molecular flexibility index (Phi) is 11.6. The average Bonchev–Trinajstić information content (AvgIpc) is 1.83. The summed E-state index contributed by atoms with van der Waals surface area (Å²) in [5, 5.41) is -1.02. The Balaban J connectivity index is -0.000000180. The molecule has 2 unspecified atom stereocenters. The maximum atomic E-state index is 10.1. The predicted molar refractivity (Wildman–Crippen MR) is 57.5 cm³/mol. The van der Waals surface area contributed by atoms with Crippen molar-refractivity contribution in [2.24, 2.45) is 0 Å². The fraction of sp³-hybridized carbons (Fsp3) is 1.00. The zero-order valence-corrected chi connectivity index (χ0v) is 15.3. The molecule has 7 heteroatoms. The average molecular weight is 308 g/mol. The van der Waals surface area contributed by atoms with Crippen LogP contribution in [0.15, 0.2) is 0 Å². The number of hydrogen-bond acceptors (Lipinski definition) is 4. The van der Waals surface area contributed by atoms with Gasteiger partial charge in [0.05, 0.1) is 0 Å². The van der Waals surface area contributed by atoms with Gasteiger partial charge in [-0.3, -0.25) is 0 Å². The third-order valence-electron chi connectivity index (χ3n) is 1.22. The van der Waals surface area contributed by atoms with Gasteiger partial charge in [-0.25, -0.2) is 0 Å². The van der Waals surface area contributed by atoms with Gasteiger partial charge in [0, 0.05) is 26.4 Å². The first-order valence-corrected chi connectivity index (χ1v) is 6.95. The van der Waals surface area contributed by atoms with E-state index in [-0.39, 0.29) is 19.5 Å². The van der Waals surface area contributed by atoms with Gasteiger partial charge in [0.25, 0.3) is 0 Å². The Morgan fingerprint density at radius 3 is 0.800 bits per heavy atom. The molecule has 0 radical (unpaired) electrons. The van der Waals surface area contributed by atoms with Crippen molar-refractivity contribution in [2.45, 2.75) is 51.9 Å². The van der Waals surface area contributed by atoms with Crippen LogP contribution in [-0.2, 0) is 28.6 Å². The first-order valence-electron chi connectivity index (χ1n) is 4.32. The van der Waals surface area contributed by atoms with Crippen molar-refractivity contribution in [1.29, 1.82) is 0 Å². The molecule has 0 aromatic carbocycles. The topological polar surface area (TPSA) is 80.3 Å². The molecular weight excluding hydrogens is 287 g/mol. The minimum atomic E-state index is -2.55. The molecule has 0 saturated heterocycles. The third-order valence-corrected chi connectivity index (χ3v) is 3.67. The van der Waals surface area contributed by atoms with Crippen LogP contribution in [0.2, 0.25) is 0 Å². The Hall–Kier alpha value is 1.00. The van der Waals surface area contributed by atoms with Crippen LogP contribution in [0.3, 0.4) is 0 Å². The molecule has 0 aromatic heterocycles. The van der Waals surface area contributed by atoms with Crippen molar-refractivity contribution in [3.63, 3.8) is 0 Å². The summed E-state index contributed by atoms with van der Waals surface area (Å²) in [6, 6.07) is 0. The second-order valence-corrected chi connectivity index (χ2v) is 9.22. The van der Waals surface area contributed by atoms with Crippen LogP contribution < -0.4 is 9.79 Å². The molecule has 0 N–H and O–H groups in total. The van der Waals surface area contributed by atoms with Crippen LogP contribution in [0.1, 0.15) is 41.5 Å². The van der Waals surface area contributed by atoms with Crippen LogP contribution in [0.5, 0.6) is 0 Å². The van der Waals surface area contributed by atoms with Crippen LogP contribution in [0.4, 0.5) is 0 Å². The van der Waals surface area contributed by atoms with Gasteiger partial charge in [-0.15, -0.1) is 0 Å². The van der Waals surface area contributed by atoms with E-state index >= 15 is 0 Å². The first-order chi connectivity index (χ1) is 5.89. The summed E-state index contributed by atoms with van der Waals surface area (Å²) in [5.74, 6) is 0. The van der Waals surface area contributed by atoms with Gasteiger partial charge in [0.2, 0.25) is 0 Å². The van der Waals surface area contributed by atoms with E-state index in [0.29, 0.717) is 0 Å². The van der Waals surface area contributed by atoms with Crippen molar-refractivity contribution in [3.05, 3.63) is 0 Å². The molecule has 0 aromatic rings. The van der Waals surface area contributed by atoms with E-state index in [2.05, 4.69) is 0 Å². The largest absolute Gasteiger partial charge is 2.00 e. The van der Waals surface area contributed by atoms with Gasteiger partial charge in [-0.05, 0) is 0 Å². The quantitative estimate of drug-likeness (QED) is 0.498. The van der Waals surface area contributed by atoms with Crippen LogP contribution in [0.25, 0.3) is 0 Å². The van der Waals surface area contributed by atoms with Gasteiger partial charge in [0.1, 0.15) is 0 Å². The van der Waals surface area contributed by atoms with Gasteiger partial charge in [-0.2, -0.15) is 0 Å². The Morgan fingerprint density at radius 1 is 0.733 bits per heavy atom. The molecule has 0 saturated carbocycles. The second-order valence-electron chi connectivity index (χ2n) is 5.07. The maximum Gasteiger partial charge on any atom is 2.00 e. The number of rotatable bonds is 0. The van der Waals surface area contributed by atoms with Crippen molar-refractivity contribution in [3.8, 4) is 0 Å². The monoisotopic (exact) mass is 306 g/mol. The maximum absolute atomic E-state index is 10.1. The molecule has 0 bridgehead atoms. The van der Waals surface area contributed by atoms with E-state index in [1.165, 1.54) is 0 Å². The van der Waals surface area contributed by atoms with E-state index < -0.39 is 26.4 Å². The molecule has 0 aliphatic carbocycles. The molecule has 0 amide bonds. The Labute approximate surface area is 106 Å². The SMILES string of the molecule is CC(C)(C)[PH](=O)[O-].CC(C)(C)[PH](=O)[O-].[Zn+2]. The van der Waals surface area contributed by atoms with E-state index in [1.54, 1.807) is 41.5 Å². The molecule has 88 valence electrons. The van der Waals surface area contributed by atoms with Gasteiger partial charge in [0.15, 0.2) is 0 Å². The molecule has 2 atom stereocenters. The number of hydrogen-bond donors (Lipinski definition) is 0. The normalized spacial score (nSPS) is 15.5.